The van der Waals surface area contributed by atoms with Crippen LogP contribution in [0.25, 0.3) is 10.9 Å². The maximum Gasteiger partial charge on any atom is 0.270 e. The fourth-order valence-electron chi connectivity index (χ4n) is 3.91. The minimum Gasteiger partial charge on any atom is -0.340 e. The molecule has 1 aromatic heterocycles. The summed E-state index contributed by atoms with van der Waals surface area (Å²) in [6.07, 6.45) is 0.870. The molecule has 4 rings (SSSR count). The first-order valence-corrected chi connectivity index (χ1v) is 9.28. The molecule has 6 heteroatoms. The summed E-state index contributed by atoms with van der Waals surface area (Å²) in [5, 5.41) is 1.000. The van der Waals surface area contributed by atoms with E-state index in [2.05, 4.69) is 0 Å². The van der Waals surface area contributed by atoms with E-state index in [1.165, 1.54) is 0 Å². The normalized spacial score (nSPS) is 15.2. The van der Waals surface area contributed by atoms with Gasteiger partial charge in [0.05, 0.1) is 5.56 Å². The number of carbonyl (C=O) groups excluding carboxylic acids is 2. The molecule has 1 amide bonds. The van der Waals surface area contributed by atoms with E-state index in [9.17, 15) is 18.4 Å². The molecule has 1 saturated heterocycles. The Kier molecular flexibility index (Phi) is 4.71. The number of piperidine rings is 1. The van der Waals surface area contributed by atoms with Gasteiger partial charge in [-0.05, 0) is 43.2 Å². The second-order valence-electron chi connectivity index (χ2n) is 7.20. The zero-order valence-corrected chi connectivity index (χ0v) is 15.5. The Balaban J connectivity index is 1.47. The van der Waals surface area contributed by atoms with Crippen LogP contribution in [-0.4, -0.2) is 34.2 Å². The second kappa shape index (κ2) is 7.19. The van der Waals surface area contributed by atoms with Crippen LogP contribution < -0.4 is 0 Å². The summed E-state index contributed by atoms with van der Waals surface area (Å²) in [4.78, 5) is 27.2. The maximum absolute atomic E-state index is 13.9. The summed E-state index contributed by atoms with van der Waals surface area (Å²) in [7, 11) is 1.86. The van der Waals surface area contributed by atoms with Crippen molar-refractivity contribution in [3.05, 3.63) is 71.4 Å². The molecule has 0 aliphatic carbocycles. The van der Waals surface area contributed by atoms with Crippen LogP contribution in [-0.2, 0) is 7.05 Å². The van der Waals surface area contributed by atoms with Crippen molar-refractivity contribution in [1.29, 1.82) is 0 Å². The standard InChI is InChI=1S/C22H20F2N2O2/c1-25-19-5-3-2-4-15(19)12-20(25)22(28)26-10-8-14(9-11-26)21(27)17-13-16(23)6-7-18(17)24/h2-7,12-14H,8-11H2,1H3. The molecular formula is C22H20F2N2O2. The molecule has 1 fully saturated rings. The number of amides is 1. The van der Waals surface area contributed by atoms with Crippen LogP contribution >= 0.6 is 0 Å². The maximum atomic E-state index is 13.9. The third kappa shape index (κ3) is 3.19. The lowest BCUT2D eigenvalue weighted by Crippen LogP contribution is -2.41. The Morgan fingerprint density at radius 2 is 1.71 bits per heavy atom. The van der Waals surface area contributed by atoms with E-state index in [4.69, 9.17) is 0 Å². The molecule has 0 bridgehead atoms. The van der Waals surface area contributed by atoms with Gasteiger partial charge in [-0.1, -0.05) is 18.2 Å². The summed E-state index contributed by atoms with van der Waals surface area (Å²) in [5.41, 5.74) is 1.37. The van der Waals surface area contributed by atoms with Crippen molar-refractivity contribution in [2.75, 3.05) is 13.1 Å². The van der Waals surface area contributed by atoms with Crippen LogP contribution in [0.4, 0.5) is 8.78 Å². The molecule has 3 aromatic rings. The van der Waals surface area contributed by atoms with E-state index in [-0.39, 0.29) is 11.5 Å². The predicted molar refractivity (Wildman–Crippen MR) is 102 cm³/mol. The van der Waals surface area contributed by atoms with Gasteiger partial charge in [-0.3, -0.25) is 9.59 Å². The van der Waals surface area contributed by atoms with Crippen LogP contribution in [0.5, 0.6) is 0 Å². The predicted octanol–water partition coefficient (Wildman–Crippen LogP) is 4.19. The van der Waals surface area contributed by atoms with Crippen molar-refractivity contribution < 1.29 is 18.4 Å². The van der Waals surface area contributed by atoms with E-state index >= 15 is 0 Å². The summed E-state index contributed by atoms with van der Waals surface area (Å²) in [6.45, 7) is 0.821. The van der Waals surface area contributed by atoms with Gasteiger partial charge >= 0.3 is 0 Å². The molecule has 0 radical (unpaired) electrons. The Morgan fingerprint density at radius 1 is 1.00 bits per heavy atom. The number of aryl methyl sites for hydroxylation is 1. The molecule has 0 saturated carbocycles. The first-order valence-electron chi connectivity index (χ1n) is 9.28. The third-order valence-corrected chi connectivity index (χ3v) is 5.52. The average molecular weight is 382 g/mol. The first-order chi connectivity index (χ1) is 13.5. The lowest BCUT2D eigenvalue weighted by molar-refractivity contribution is 0.0641. The van der Waals surface area contributed by atoms with Crippen LogP contribution in [0.1, 0.15) is 33.7 Å². The summed E-state index contributed by atoms with van der Waals surface area (Å²) in [6, 6.07) is 12.6. The van der Waals surface area contributed by atoms with E-state index in [0.717, 1.165) is 29.1 Å². The summed E-state index contributed by atoms with van der Waals surface area (Å²) >= 11 is 0. The minimum absolute atomic E-state index is 0.0819. The van der Waals surface area contributed by atoms with Crippen molar-refractivity contribution in [1.82, 2.24) is 9.47 Å². The van der Waals surface area contributed by atoms with Gasteiger partial charge in [0, 0.05) is 37.0 Å². The zero-order valence-electron chi connectivity index (χ0n) is 15.5. The first kappa shape index (κ1) is 18.3. The number of halogens is 2. The molecule has 2 heterocycles. The Morgan fingerprint density at radius 3 is 2.43 bits per heavy atom. The van der Waals surface area contributed by atoms with Gasteiger partial charge in [-0.25, -0.2) is 8.78 Å². The van der Waals surface area contributed by atoms with Crippen LogP contribution in [0.15, 0.2) is 48.5 Å². The molecule has 2 aromatic carbocycles. The number of fused-ring (bicyclic) bond motifs is 1. The van der Waals surface area contributed by atoms with Crippen LogP contribution in [0.2, 0.25) is 0 Å². The Bertz CT molecular complexity index is 1070. The molecule has 0 atom stereocenters. The average Bonchev–Trinajstić information content (AvgIpc) is 3.06. The largest absolute Gasteiger partial charge is 0.340 e. The van der Waals surface area contributed by atoms with Gasteiger partial charge in [0.25, 0.3) is 5.91 Å². The van der Waals surface area contributed by atoms with Crippen molar-refractivity contribution >= 4 is 22.6 Å². The lowest BCUT2D eigenvalue weighted by Gasteiger charge is -2.31. The zero-order chi connectivity index (χ0) is 19.8. The molecular weight excluding hydrogens is 362 g/mol. The molecule has 1 aliphatic heterocycles. The van der Waals surface area contributed by atoms with Gasteiger partial charge in [0.2, 0.25) is 0 Å². The number of likely N-dealkylation sites (tertiary alicyclic amines) is 1. The van der Waals surface area contributed by atoms with Gasteiger partial charge in [-0.2, -0.15) is 0 Å². The van der Waals surface area contributed by atoms with E-state index in [1.54, 1.807) is 4.90 Å². The number of nitrogens with zero attached hydrogens (tertiary/aromatic N) is 2. The number of benzene rings is 2. The number of aromatic nitrogens is 1. The highest BCUT2D eigenvalue weighted by Crippen LogP contribution is 2.26. The highest BCUT2D eigenvalue weighted by atomic mass is 19.1. The molecule has 0 spiro atoms. The smallest absolute Gasteiger partial charge is 0.270 e. The van der Waals surface area contributed by atoms with Crippen molar-refractivity contribution in [2.24, 2.45) is 13.0 Å². The number of para-hydroxylation sites is 1. The van der Waals surface area contributed by atoms with Gasteiger partial charge < -0.3 is 9.47 Å². The van der Waals surface area contributed by atoms with E-state index < -0.39 is 23.3 Å². The fraction of sp³-hybridized carbons (Fsp3) is 0.273. The van der Waals surface area contributed by atoms with Gasteiger partial charge in [-0.15, -0.1) is 0 Å². The number of carbonyl (C=O) groups is 2. The number of hydrogen-bond acceptors (Lipinski definition) is 2. The number of rotatable bonds is 3. The number of hydrogen-bond donors (Lipinski definition) is 0. The molecule has 4 nitrogen and oxygen atoms in total. The van der Waals surface area contributed by atoms with E-state index in [0.29, 0.717) is 31.6 Å². The van der Waals surface area contributed by atoms with Crippen LogP contribution in [0.3, 0.4) is 0 Å². The number of ketones is 1. The number of Topliss-reactive ketones (excluding diaryl/α,β-unsaturated/α-hetero) is 1. The fourth-order valence-corrected chi connectivity index (χ4v) is 3.91. The highest BCUT2D eigenvalue weighted by molar-refractivity contribution is 6.00. The van der Waals surface area contributed by atoms with Gasteiger partial charge in [0.1, 0.15) is 17.3 Å². The summed E-state index contributed by atoms with van der Waals surface area (Å²) in [5.74, 6) is -2.23. The molecule has 28 heavy (non-hydrogen) atoms. The quantitative estimate of drug-likeness (QED) is 0.638. The topological polar surface area (TPSA) is 42.3 Å². The van der Waals surface area contributed by atoms with Crippen LogP contribution in [0, 0.1) is 17.6 Å². The molecule has 144 valence electrons. The second-order valence-corrected chi connectivity index (χ2v) is 7.20. The Hall–Kier alpha value is -3.02. The Labute approximate surface area is 161 Å². The molecule has 0 unspecified atom stereocenters. The molecule has 1 aliphatic rings. The monoisotopic (exact) mass is 382 g/mol. The molecule has 0 N–H and O–H groups in total. The van der Waals surface area contributed by atoms with Crippen molar-refractivity contribution in [2.45, 2.75) is 12.8 Å². The lowest BCUT2D eigenvalue weighted by atomic mass is 9.88. The van der Waals surface area contributed by atoms with Gasteiger partial charge in [0.15, 0.2) is 5.78 Å². The SMILES string of the molecule is Cn1c(C(=O)N2CCC(C(=O)c3cc(F)ccc3F)CC2)cc2ccccc21. The van der Waals surface area contributed by atoms with E-state index in [1.807, 2.05) is 41.9 Å². The summed E-state index contributed by atoms with van der Waals surface area (Å²) < 4.78 is 29.1. The highest BCUT2D eigenvalue weighted by Gasteiger charge is 2.30. The van der Waals surface area contributed by atoms with Crippen molar-refractivity contribution in [3.8, 4) is 0 Å². The van der Waals surface area contributed by atoms with Crippen molar-refractivity contribution in [3.63, 3.8) is 0 Å². The third-order valence-electron chi connectivity index (χ3n) is 5.52. The minimum atomic E-state index is -0.708.